The van der Waals surface area contributed by atoms with Crippen molar-refractivity contribution in [3.8, 4) is 11.3 Å². The fourth-order valence-corrected chi connectivity index (χ4v) is 2.45. The average molecular weight is 278 g/mol. The van der Waals surface area contributed by atoms with E-state index in [4.69, 9.17) is 0 Å². The van der Waals surface area contributed by atoms with Crippen LogP contribution in [0.15, 0.2) is 17.8 Å². The molecule has 100 valence electrons. The third kappa shape index (κ3) is 2.70. The SMILES string of the molecule is CCCNc1ncnc(-c2ccsc2C)c1[N+](=O)[O-]. The fraction of sp³-hybridized carbons (Fsp3) is 0.333. The van der Waals surface area contributed by atoms with E-state index >= 15 is 0 Å². The lowest BCUT2D eigenvalue weighted by molar-refractivity contribution is -0.383. The average Bonchev–Trinajstić information content (AvgIpc) is 2.81. The molecule has 0 atom stereocenters. The molecule has 0 fully saturated rings. The molecule has 0 aromatic carbocycles. The molecule has 2 aromatic heterocycles. The lowest BCUT2D eigenvalue weighted by atomic mass is 10.1. The largest absolute Gasteiger partial charge is 0.364 e. The number of rotatable bonds is 5. The van der Waals surface area contributed by atoms with Crippen molar-refractivity contribution in [1.29, 1.82) is 0 Å². The third-order valence-corrected chi connectivity index (χ3v) is 3.51. The molecule has 0 aliphatic rings. The van der Waals surface area contributed by atoms with Crippen molar-refractivity contribution >= 4 is 22.8 Å². The topological polar surface area (TPSA) is 81.0 Å². The lowest BCUT2D eigenvalue weighted by Crippen LogP contribution is -2.07. The van der Waals surface area contributed by atoms with Crippen molar-refractivity contribution < 1.29 is 4.92 Å². The number of anilines is 1. The molecule has 2 rings (SSSR count). The Balaban J connectivity index is 2.55. The zero-order valence-corrected chi connectivity index (χ0v) is 11.5. The zero-order valence-electron chi connectivity index (χ0n) is 10.7. The van der Waals surface area contributed by atoms with Crippen LogP contribution < -0.4 is 5.32 Å². The highest BCUT2D eigenvalue weighted by atomic mass is 32.1. The van der Waals surface area contributed by atoms with Gasteiger partial charge in [0, 0.05) is 17.0 Å². The smallest absolute Gasteiger partial charge is 0.337 e. The van der Waals surface area contributed by atoms with Crippen LogP contribution in [0, 0.1) is 17.0 Å². The second-order valence-electron chi connectivity index (χ2n) is 3.99. The minimum Gasteiger partial charge on any atom is -0.364 e. The molecule has 0 radical (unpaired) electrons. The maximum absolute atomic E-state index is 11.3. The number of nitrogens with zero attached hydrogens (tertiary/aromatic N) is 3. The molecule has 0 aliphatic heterocycles. The maximum atomic E-state index is 11.3. The van der Waals surface area contributed by atoms with Gasteiger partial charge in [-0.05, 0) is 24.8 Å². The Morgan fingerprint density at radius 1 is 1.47 bits per heavy atom. The van der Waals surface area contributed by atoms with Gasteiger partial charge < -0.3 is 5.32 Å². The van der Waals surface area contributed by atoms with E-state index in [1.165, 1.54) is 17.7 Å². The predicted octanol–water partition coefficient (Wildman–Crippen LogP) is 3.24. The molecule has 2 aromatic rings. The van der Waals surface area contributed by atoms with E-state index in [0.717, 1.165) is 16.9 Å². The Bertz CT molecular complexity index is 597. The van der Waals surface area contributed by atoms with Gasteiger partial charge in [-0.2, -0.15) is 0 Å². The summed E-state index contributed by atoms with van der Waals surface area (Å²) in [6.07, 6.45) is 2.23. The first-order valence-corrected chi connectivity index (χ1v) is 6.80. The van der Waals surface area contributed by atoms with Crippen molar-refractivity contribution in [2.75, 3.05) is 11.9 Å². The van der Waals surface area contributed by atoms with E-state index in [2.05, 4.69) is 15.3 Å². The zero-order chi connectivity index (χ0) is 13.8. The van der Waals surface area contributed by atoms with Gasteiger partial charge in [0.25, 0.3) is 0 Å². The van der Waals surface area contributed by atoms with Crippen LogP contribution in [0.5, 0.6) is 0 Å². The minimum absolute atomic E-state index is 0.0579. The molecule has 6 nitrogen and oxygen atoms in total. The second kappa shape index (κ2) is 5.75. The van der Waals surface area contributed by atoms with Crippen molar-refractivity contribution in [1.82, 2.24) is 9.97 Å². The van der Waals surface area contributed by atoms with Crippen LogP contribution in [0.4, 0.5) is 11.5 Å². The highest BCUT2D eigenvalue weighted by Gasteiger charge is 2.24. The van der Waals surface area contributed by atoms with Gasteiger partial charge in [0.2, 0.25) is 5.82 Å². The molecule has 0 spiro atoms. The maximum Gasteiger partial charge on any atom is 0.337 e. The van der Waals surface area contributed by atoms with Crippen LogP contribution >= 0.6 is 11.3 Å². The fourth-order valence-electron chi connectivity index (χ4n) is 1.75. The van der Waals surface area contributed by atoms with Crippen LogP contribution in [-0.4, -0.2) is 21.4 Å². The quantitative estimate of drug-likeness (QED) is 0.670. The summed E-state index contributed by atoms with van der Waals surface area (Å²) < 4.78 is 0. The number of hydrogen-bond acceptors (Lipinski definition) is 6. The van der Waals surface area contributed by atoms with Crippen LogP contribution in [0.1, 0.15) is 18.2 Å². The standard InChI is InChI=1S/C12H14N4O2S/c1-3-5-13-12-11(16(17)18)10(14-7-15-12)9-4-6-19-8(9)2/h4,6-7H,3,5H2,1-2H3,(H,13,14,15). The molecule has 1 N–H and O–H groups in total. The number of nitrogens with one attached hydrogen (secondary N) is 1. The summed E-state index contributed by atoms with van der Waals surface area (Å²) in [5.41, 5.74) is 1.11. The molecule has 0 saturated carbocycles. The summed E-state index contributed by atoms with van der Waals surface area (Å²) >= 11 is 1.54. The molecular formula is C12H14N4O2S. The van der Waals surface area contributed by atoms with E-state index in [-0.39, 0.29) is 11.5 Å². The summed E-state index contributed by atoms with van der Waals surface area (Å²) in [6.45, 7) is 4.55. The summed E-state index contributed by atoms with van der Waals surface area (Å²) in [5.74, 6) is 0.280. The van der Waals surface area contributed by atoms with Crippen molar-refractivity contribution in [3.05, 3.63) is 32.8 Å². The Kier molecular flexibility index (Phi) is 4.06. The molecule has 7 heteroatoms. The van der Waals surface area contributed by atoms with Gasteiger partial charge in [-0.3, -0.25) is 10.1 Å². The van der Waals surface area contributed by atoms with Gasteiger partial charge in [0.1, 0.15) is 6.33 Å². The monoisotopic (exact) mass is 278 g/mol. The van der Waals surface area contributed by atoms with E-state index in [1.807, 2.05) is 25.3 Å². The van der Waals surface area contributed by atoms with Crippen LogP contribution in [0.25, 0.3) is 11.3 Å². The van der Waals surface area contributed by atoms with E-state index < -0.39 is 4.92 Å². The van der Waals surface area contributed by atoms with E-state index in [0.29, 0.717) is 12.2 Å². The lowest BCUT2D eigenvalue weighted by Gasteiger charge is -2.07. The number of aryl methyl sites for hydroxylation is 1. The number of aromatic nitrogens is 2. The minimum atomic E-state index is -0.426. The highest BCUT2D eigenvalue weighted by Crippen LogP contribution is 2.36. The Labute approximate surface area is 114 Å². The van der Waals surface area contributed by atoms with Gasteiger partial charge in [-0.15, -0.1) is 11.3 Å². The first-order valence-electron chi connectivity index (χ1n) is 5.92. The van der Waals surface area contributed by atoms with Crippen molar-refractivity contribution in [3.63, 3.8) is 0 Å². The normalized spacial score (nSPS) is 10.4. The molecule has 0 saturated heterocycles. The first kappa shape index (κ1) is 13.4. The molecular weight excluding hydrogens is 264 g/mol. The van der Waals surface area contributed by atoms with Gasteiger partial charge in [-0.1, -0.05) is 6.92 Å². The molecule has 2 heterocycles. The van der Waals surface area contributed by atoms with E-state index in [9.17, 15) is 10.1 Å². The Morgan fingerprint density at radius 2 is 2.26 bits per heavy atom. The van der Waals surface area contributed by atoms with Gasteiger partial charge in [-0.25, -0.2) is 9.97 Å². The molecule has 0 aliphatic carbocycles. The first-order chi connectivity index (χ1) is 9.15. The summed E-state index contributed by atoms with van der Waals surface area (Å²) in [5, 5.41) is 16.2. The number of thiophene rings is 1. The predicted molar refractivity (Wildman–Crippen MR) is 75.5 cm³/mol. The Hall–Kier alpha value is -2.02. The number of hydrogen-bond donors (Lipinski definition) is 1. The third-order valence-electron chi connectivity index (χ3n) is 2.66. The van der Waals surface area contributed by atoms with Crippen molar-refractivity contribution in [2.24, 2.45) is 0 Å². The van der Waals surface area contributed by atoms with Crippen LogP contribution in [0.2, 0.25) is 0 Å². The van der Waals surface area contributed by atoms with Gasteiger partial charge in [0.05, 0.1) is 4.92 Å². The second-order valence-corrected chi connectivity index (χ2v) is 5.11. The summed E-state index contributed by atoms with van der Waals surface area (Å²) in [6, 6.07) is 1.85. The molecule has 0 amide bonds. The molecule has 0 unspecified atom stereocenters. The number of nitro groups is 1. The Morgan fingerprint density at radius 3 is 2.84 bits per heavy atom. The van der Waals surface area contributed by atoms with Gasteiger partial charge in [0.15, 0.2) is 5.69 Å². The molecule has 0 bridgehead atoms. The summed E-state index contributed by atoms with van der Waals surface area (Å²) in [7, 11) is 0. The molecule has 19 heavy (non-hydrogen) atoms. The van der Waals surface area contributed by atoms with Crippen LogP contribution in [-0.2, 0) is 0 Å². The summed E-state index contributed by atoms with van der Waals surface area (Å²) in [4.78, 5) is 19.9. The van der Waals surface area contributed by atoms with E-state index in [1.54, 1.807) is 0 Å². The van der Waals surface area contributed by atoms with Gasteiger partial charge >= 0.3 is 5.69 Å². The van der Waals surface area contributed by atoms with Crippen molar-refractivity contribution in [2.45, 2.75) is 20.3 Å². The highest BCUT2D eigenvalue weighted by molar-refractivity contribution is 7.10. The van der Waals surface area contributed by atoms with Crippen LogP contribution in [0.3, 0.4) is 0 Å².